The second kappa shape index (κ2) is 10.4. The first kappa shape index (κ1) is 22.7. The predicted octanol–water partition coefficient (Wildman–Crippen LogP) is 2.84. The van der Waals surface area contributed by atoms with Crippen molar-refractivity contribution in [3.63, 3.8) is 0 Å². The summed E-state index contributed by atoms with van der Waals surface area (Å²) in [6, 6.07) is 15.6. The number of carbonyl (C=O) groups is 2. The lowest BCUT2D eigenvalue weighted by molar-refractivity contribution is -0.132. The molecule has 1 aliphatic rings. The van der Waals surface area contributed by atoms with Crippen molar-refractivity contribution in [3.05, 3.63) is 76.3 Å². The minimum Gasteiger partial charge on any atom is -0.353 e. The number of amides is 2. The van der Waals surface area contributed by atoms with Gasteiger partial charge in [0.1, 0.15) is 0 Å². The second-order valence-corrected chi connectivity index (χ2v) is 8.67. The maximum Gasteiger partial charge on any atom is 0.261 e. The van der Waals surface area contributed by atoms with Crippen molar-refractivity contribution < 1.29 is 9.59 Å². The Labute approximate surface area is 193 Å². The van der Waals surface area contributed by atoms with Gasteiger partial charge in [0.2, 0.25) is 11.8 Å². The molecule has 0 atom stereocenters. The fourth-order valence-corrected chi connectivity index (χ4v) is 4.35. The van der Waals surface area contributed by atoms with Gasteiger partial charge in [0, 0.05) is 38.5 Å². The van der Waals surface area contributed by atoms with E-state index in [-0.39, 0.29) is 29.8 Å². The van der Waals surface area contributed by atoms with Crippen molar-refractivity contribution in [3.8, 4) is 0 Å². The van der Waals surface area contributed by atoms with Crippen LogP contribution in [0.25, 0.3) is 10.9 Å². The number of carbonyl (C=O) groups excluding carboxylic acids is 2. The molecule has 1 aromatic heterocycles. The van der Waals surface area contributed by atoms with Crippen LogP contribution < -0.4 is 10.9 Å². The lowest BCUT2D eigenvalue weighted by Gasteiger charge is -2.32. The Balaban J connectivity index is 1.23. The Kier molecular flexibility index (Phi) is 7.17. The molecule has 33 heavy (non-hydrogen) atoms. The van der Waals surface area contributed by atoms with Gasteiger partial charge in [-0.2, -0.15) is 0 Å². The topological polar surface area (TPSA) is 84.3 Å². The zero-order chi connectivity index (χ0) is 23.2. The van der Waals surface area contributed by atoms with Crippen LogP contribution in [0.3, 0.4) is 0 Å². The summed E-state index contributed by atoms with van der Waals surface area (Å²) < 4.78 is 1.51. The van der Waals surface area contributed by atoms with Gasteiger partial charge in [0.25, 0.3) is 5.56 Å². The van der Waals surface area contributed by atoms with Crippen LogP contribution in [0, 0.1) is 6.92 Å². The van der Waals surface area contributed by atoms with E-state index in [0.29, 0.717) is 37.0 Å². The van der Waals surface area contributed by atoms with E-state index in [9.17, 15) is 14.4 Å². The summed E-state index contributed by atoms with van der Waals surface area (Å²) in [6.07, 6.45) is 4.48. The average Bonchev–Trinajstić information content (AvgIpc) is 2.84. The SMILES string of the molecule is Cc1cccc2c(=O)n(CCC(=O)N3CCC(NC(=O)CCc4ccccc4)CC3)cnc12. The van der Waals surface area contributed by atoms with Crippen LogP contribution in [0.1, 0.15) is 36.8 Å². The zero-order valence-corrected chi connectivity index (χ0v) is 19.0. The van der Waals surface area contributed by atoms with E-state index in [1.165, 1.54) is 10.9 Å². The van der Waals surface area contributed by atoms with Crippen molar-refractivity contribution in [2.75, 3.05) is 13.1 Å². The van der Waals surface area contributed by atoms with Gasteiger partial charge in [-0.25, -0.2) is 4.98 Å². The number of rotatable bonds is 7. The van der Waals surface area contributed by atoms with Crippen molar-refractivity contribution in [2.24, 2.45) is 0 Å². The molecule has 1 fully saturated rings. The summed E-state index contributed by atoms with van der Waals surface area (Å²) >= 11 is 0. The summed E-state index contributed by atoms with van der Waals surface area (Å²) in [6.45, 7) is 3.47. The highest BCUT2D eigenvalue weighted by molar-refractivity contribution is 5.80. The van der Waals surface area contributed by atoms with Crippen LogP contribution in [-0.2, 0) is 22.6 Å². The lowest BCUT2D eigenvalue weighted by Crippen LogP contribution is -2.46. The first-order valence-electron chi connectivity index (χ1n) is 11.6. The summed E-state index contributed by atoms with van der Waals surface area (Å²) in [5.41, 5.74) is 2.71. The Morgan fingerprint density at radius 2 is 1.79 bits per heavy atom. The van der Waals surface area contributed by atoms with Gasteiger partial charge in [0.15, 0.2) is 0 Å². The maximum absolute atomic E-state index is 12.7. The quantitative estimate of drug-likeness (QED) is 0.605. The number of benzene rings is 2. The summed E-state index contributed by atoms with van der Waals surface area (Å²) in [7, 11) is 0. The summed E-state index contributed by atoms with van der Waals surface area (Å²) in [5, 5.41) is 3.68. The number of fused-ring (bicyclic) bond motifs is 1. The van der Waals surface area contributed by atoms with E-state index in [0.717, 1.165) is 30.4 Å². The van der Waals surface area contributed by atoms with Gasteiger partial charge in [-0.15, -0.1) is 0 Å². The predicted molar refractivity (Wildman–Crippen MR) is 128 cm³/mol. The Hall–Kier alpha value is -3.48. The van der Waals surface area contributed by atoms with Crippen LogP contribution in [0.2, 0.25) is 0 Å². The van der Waals surface area contributed by atoms with Crippen LogP contribution in [0.15, 0.2) is 59.7 Å². The van der Waals surface area contributed by atoms with Crippen LogP contribution in [0.5, 0.6) is 0 Å². The van der Waals surface area contributed by atoms with Crippen LogP contribution >= 0.6 is 0 Å². The molecule has 0 aliphatic carbocycles. The van der Waals surface area contributed by atoms with Crippen molar-refractivity contribution in [1.29, 1.82) is 0 Å². The molecule has 1 aliphatic heterocycles. The number of likely N-dealkylation sites (tertiary alicyclic amines) is 1. The van der Waals surface area contributed by atoms with Crippen molar-refractivity contribution in [1.82, 2.24) is 19.8 Å². The third-order valence-corrected chi connectivity index (χ3v) is 6.32. The molecule has 2 aromatic carbocycles. The van der Waals surface area contributed by atoms with Gasteiger partial charge in [-0.1, -0.05) is 42.5 Å². The number of hydrogen-bond acceptors (Lipinski definition) is 4. The monoisotopic (exact) mass is 446 g/mol. The molecule has 172 valence electrons. The molecule has 2 heterocycles. The summed E-state index contributed by atoms with van der Waals surface area (Å²) in [5.74, 6) is 0.0853. The number of piperidine rings is 1. The molecule has 7 heteroatoms. The number of para-hydroxylation sites is 1. The first-order chi connectivity index (χ1) is 16.0. The minimum atomic E-state index is -0.117. The zero-order valence-electron chi connectivity index (χ0n) is 19.0. The van der Waals surface area contributed by atoms with E-state index in [4.69, 9.17) is 0 Å². The molecule has 7 nitrogen and oxygen atoms in total. The van der Waals surface area contributed by atoms with Crippen molar-refractivity contribution in [2.45, 2.75) is 51.6 Å². The third kappa shape index (κ3) is 5.66. The fourth-order valence-electron chi connectivity index (χ4n) is 4.35. The highest BCUT2D eigenvalue weighted by Gasteiger charge is 2.23. The molecule has 0 saturated carbocycles. The number of nitrogens with zero attached hydrogens (tertiary/aromatic N) is 3. The summed E-state index contributed by atoms with van der Waals surface area (Å²) in [4.78, 5) is 43.9. The normalized spacial score (nSPS) is 14.4. The minimum absolute atomic E-state index is 0.0279. The molecule has 2 amide bonds. The number of aromatic nitrogens is 2. The number of hydrogen-bond donors (Lipinski definition) is 1. The first-order valence-corrected chi connectivity index (χ1v) is 11.6. The molecular formula is C26H30N4O3. The molecule has 1 saturated heterocycles. The number of nitrogens with one attached hydrogen (secondary N) is 1. The highest BCUT2D eigenvalue weighted by atomic mass is 16.2. The standard InChI is InChI=1S/C26H30N4O3/c1-19-6-5-9-22-25(19)27-18-30(26(22)33)17-14-24(32)29-15-12-21(13-16-29)28-23(31)11-10-20-7-3-2-4-8-20/h2-9,18,21H,10-17H2,1H3,(H,28,31). The molecule has 0 bridgehead atoms. The van der Waals surface area contributed by atoms with E-state index in [1.807, 2.05) is 54.3 Å². The van der Waals surface area contributed by atoms with Crippen LogP contribution in [0.4, 0.5) is 0 Å². The number of aryl methyl sites for hydroxylation is 3. The molecule has 0 radical (unpaired) electrons. The van der Waals surface area contributed by atoms with Gasteiger partial charge in [0.05, 0.1) is 17.2 Å². The lowest BCUT2D eigenvalue weighted by atomic mass is 10.0. The van der Waals surface area contributed by atoms with Crippen LogP contribution in [-0.4, -0.2) is 45.4 Å². The molecular weight excluding hydrogens is 416 g/mol. The molecule has 0 spiro atoms. The van der Waals surface area contributed by atoms with E-state index in [1.54, 1.807) is 6.07 Å². The van der Waals surface area contributed by atoms with Crippen molar-refractivity contribution >= 4 is 22.7 Å². The van der Waals surface area contributed by atoms with E-state index >= 15 is 0 Å². The Morgan fingerprint density at radius 1 is 1.03 bits per heavy atom. The largest absolute Gasteiger partial charge is 0.353 e. The average molecular weight is 447 g/mol. The van der Waals surface area contributed by atoms with Gasteiger partial charge in [-0.05, 0) is 43.4 Å². The Bertz CT molecular complexity index is 1180. The molecule has 3 aromatic rings. The molecule has 4 rings (SSSR count). The second-order valence-electron chi connectivity index (χ2n) is 8.67. The third-order valence-electron chi connectivity index (χ3n) is 6.32. The molecule has 0 unspecified atom stereocenters. The van der Waals surface area contributed by atoms with E-state index < -0.39 is 0 Å². The molecule has 1 N–H and O–H groups in total. The van der Waals surface area contributed by atoms with Gasteiger partial charge in [-0.3, -0.25) is 19.0 Å². The Morgan fingerprint density at radius 3 is 2.55 bits per heavy atom. The highest BCUT2D eigenvalue weighted by Crippen LogP contribution is 2.14. The van der Waals surface area contributed by atoms with Gasteiger partial charge < -0.3 is 10.2 Å². The van der Waals surface area contributed by atoms with Gasteiger partial charge >= 0.3 is 0 Å². The van der Waals surface area contributed by atoms with E-state index in [2.05, 4.69) is 10.3 Å². The maximum atomic E-state index is 12.7. The fraction of sp³-hybridized carbons (Fsp3) is 0.385. The smallest absolute Gasteiger partial charge is 0.261 e.